The van der Waals surface area contributed by atoms with Crippen molar-refractivity contribution in [2.45, 2.75) is 40.0 Å². The van der Waals surface area contributed by atoms with Crippen LogP contribution in [0, 0.1) is 0 Å². The Kier molecular flexibility index (Phi) is 11.8. The molecule has 0 heterocycles. The molecule has 0 amide bonds. The molecule has 0 atom stereocenters. The zero-order valence-corrected chi connectivity index (χ0v) is 12.5. The van der Waals surface area contributed by atoms with Crippen molar-refractivity contribution in [1.29, 1.82) is 0 Å². The van der Waals surface area contributed by atoms with E-state index in [2.05, 4.69) is 36.3 Å². The van der Waals surface area contributed by atoms with Gasteiger partial charge in [0.05, 0.1) is 24.5 Å². The van der Waals surface area contributed by atoms with E-state index in [1.54, 1.807) is 0 Å². The van der Waals surface area contributed by atoms with E-state index in [0.29, 0.717) is 0 Å². The van der Waals surface area contributed by atoms with Crippen LogP contribution in [0.4, 0.5) is 0 Å². The highest BCUT2D eigenvalue weighted by Crippen LogP contribution is 2.67. The van der Waals surface area contributed by atoms with Gasteiger partial charge in [-0.3, -0.25) is 0 Å². The van der Waals surface area contributed by atoms with Crippen LogP contribution in [0.1, 0.15) is 40.0 Å². The summed E-state index contributed by atoms with van der Waals surface area (Å²) in [5.74, 6) is -0.657. The van der Waals surface area contributed by atoms with Gasteiger partial charge in [0.25, 0.3) is 0 Å². The lowest BCUT2D eigenvalue weighted by molar-refractivity contribution is -0.00000249. The summed E-state index contributed by atoms with van der Waals surface area (Å²) in [4.78, 5) is 0. The summed E-state index contributed by atoms with van der Waals surface area (Å²) in [5, 5.41) is 0. The van der Waals surface area contributed by atoms with E-state index in [-0.39, 0.29) is 17.0 Å². The number of hydrogen-bond donors (Lipinski definition) is 0. The highest BCUT2D eigenvalue weighted by atomic mass is 79.9. The van der Waals surface area contributed by atoms with E-state index in [9.17, 15) is 0 Å². The average molecular weight is 320 g/mol. The van der Waals surface area contributed by atoms with Gasteiger partial charge in [-0.25, -0.2) is 0 Å². The Morgan fingerprint density at radius 3 is 1.25 bits per heavy atom. The Balaban J connectivity index is 0. The first-order valence-electron chi connectivity index (χ1n) is 4.74. The fourth-order valence-electron chi connectivity index (χ4n) is 1.54. The van der Waals surface area contributed by atoms with Crippen LogP contribution in [0.5, 0.6) is 0 Å². The quantitative estimate of drug-likeness (QED) is 0.652. The predicted molar refractivity (Wildman–Crippen MR) is 61.3 cm³/mol. The number of halogens is 2. The molecular formula is C9H21Br2P. The van der Waals surface area contributed by atoms with Crippen molar-refractivity contribution in [3.63, 3.8) is 0 Å². The fraction of sp³-hybridized carbons (Fsp3) is 1.00. The summed E-state index contributed by atoms with van der Waals surface area (Å²) in [5.41, 5.74) is 0. The maximum Gasteiger partial charge on any atom is 0.138 e. The molecule has 0 radical (unpaired) electrons. The molecule has 0 saturated carbocycles. The van der Waals surface area contributed by atoms with Crippen LogP contribution in [0.25, 0.3) is 0 Å². The van der Waals surface area contributed by atoms with E-state index in [4.69, 9.17) is 0 Å². The lowest BCUT2D eigenvalue weighted by Gasteiger charge is -2.17. The van der Waals surface area contributed by atoms with E-state index < -0.39 is 5.96 Å². The minimum absolute atomic E-state index is 0. The van der Waals surface area contributed by atoms with Crippen molar-refractivity contribution in [2.75, 3.05) is 18.5 Å². The lowest BCUT2D eigenvalue weighted by atomic mass is 10.6. The molecule has 12 heavy (non-hydrogen) atoms. The van der Waals surface area contributed by atoms with Crippen molar-refractivity contribution in [2.24, 2.45) is 0 Å². The highest BCUT2D eigenvalue weighted by Gasteiger charge is 2.31. The smallest absolute Gasteiger partial charge is 0.138 e. The molecule has 0 aromatic heterocycles. The molecule has 0 fully saturated rings. The Bertz CT molecular complexity index is 79.5. The second-order valence-corrected chi connectivity index (χ2v) is 11.1. The molecule has 0 unspecified atom stereocenters. The van der Waals surface area contributed by atoms with Gasteiger partial charge in [-0.1, -0.05) is 20.8 Å². The molecule has 0 aromatic rings. The third-order valence-electron chi connectivity index (χ3n) is 1.87. The van der Waals surface area contributed by atoms with Crippen molar-refractivity contribution in [1.82, 2.24) is 0 Å². The molecule has 0 spiro atoms. The minimum Gasteiger partial charge on any atom is -1.00 e. The molecule has 0 aliphatic heterocycles. The van der Waals surface area contributed by atoms with Crippen LogP contribution < -0.4 is 17.0 Å². The molecule has 0 aliphatic carbocycles. The van der Waals surface area contributed by atoms with Gasteiger partial charge in [0.2, 0.25) is 0 Å². The second-order valence-electron chi connectivity index (χ2n) is 3.20. The molecule has 0 rings (SSSR count). The van der Waals surface area contributed by atoms with Crippen molar-refractivity contribution < 1.29 is 17.0 Å². The van der Waals surface area contributed by atoms with Crippen LogP contribution in [-0.2, 0) is 0 Å². The highest BCUT2D eigenvalue weighted by molar-refractivity contribution is 9.42. The van der Waals surface area contributed by atoms with E-state index in [1.165, 1.54) is 37.7 Å². The molecule has 0 aromatic carbocycles. The summed E-state index contributed by atoms with van der Waals surface area (Å²) in [6.07, 6.45) is 8.36. The third kappa shape index (κ3) is 6.86. The van der Waals surface area contributed by atoms with Crippen LogP contribution in [0.2, 0.25) is 0 Å². The van der Waals surface area contributed by atoms with Crippen LogP contribution in [0.3, 0.4) is 0 Å². The molecule has 76 valence electrons. The maximum absolute atomic E-state index is 3.98. The van der Waals surface area contributed by atoms with Gasteiger partial charge >= 0.3 is 0 Å². The maximum atomic E-state index is 3.98. The molecule has 0 nitrogen and oxygen atoms in total. The van der Waals surface area contributed by atoms with Crippen LogP contribution >= 0.6 is 21.5 Å². The van der Waals surface area contributed by atoms with Gasteiger partial charge in [-0.05, 0) is 19.3 Å². The van der Waals surface area contributed by atoms with Gasteiger partial charge in [0.15, 0.2) is 0 Å². The Morgan fingerprint density at radius 2 is 1.08 bits per heavy atom. The minimum atomic E-state index is -0.657. The predicted octanol–water partition coefficient (Wildman–Crippen LogP) is 1.55. The van der Waals surface area contributed by atoms with Crippen molar-refractivity contribution >= 4 is 21.5 Å². The van der Waals surface area contributed by atoms with E-state index in [1.807, 2.05) is 0 Å². The first-order valence-corrected chi connectivity index (χ1v) is 9.10. The topological polar surface area (TPSA) is 0 Å². The van der Waals surface area contributed by atoms with Gasteiger partial charge in [-0.2, -0.15) is 0 Å². The molecular weight excluding hydrogens is 299 g/mol. The Labute approximate surface area is 96.7 Å². The summed E-state index contributed by atoms with van der Waals surface area (Å²) in [6.45, 7) is 6.88. The Morgan fingerprint density at radius 1 is 0.833 bits per heavy atom. The van der Waals surface area contributed by atoms with Crippen LogP contribution in [0.15, 0.2) is 0 Å². The first kappa shape index (κ1) is 15.8. The second kappa shape index (κ2) is 8.97. The van der Waals surface area contributed by atoms with Gasteiger partial charge < -0.3 is 17.0 Å². The van der Waals surface area contributed by atoms with Crippen molar-refractivity contribution in [3.05, 3.63) is 0 Å². The molecule has 0 N–H and O–H groups in total. The SMILES string of the molecule is CCC[P+](Br)(CCC)CCC.[Br-]. The zero-order chi connectivity index (χ0) is 8.74. The standard InChI is InChI=1S/C9H21BrP.BrH/c1-4-7-11(10,8-5-2)9-6-3;/h4-9H2,1-3H3;1H/q+1;/p-1. The largest absolute Gasteiger partial charge is 1.00 e. The fourth-order valence-corrected chi connectivity index (χ4v) is 7.80. The third-order valence-corrected chi connectivity index (χ3v) is 8.81. The van der Waals surface area contributed by atoms with Gasteiger partial charge in [0, 0.05) is 0 Å². The lowest BCUT2D eigenvalue weighted by Crippen LogP contribution is -3.00. The van der Waals surface area contributed by atoms with Crippen LogP contribution in [-0.4, -0.2) is 18.5 Å². The summed E-state index contributed by atoms with van der Waals surface area (Å²) >= 11 is 3.98. The van der Waals surface area contributed by atoms with E-state index >= 15 is 0 Å². The molecule has 0 saturated heterocycles. The average Bonchev–Trinajstić information content (AvgIpc) is 1.88. The number of hydrogen-bond acceptors (Lipinski definition) is 0. The van der Waals surface area contributed by atoms with Gasteiger partial charge in [-0.15, -0.1) is 0 Å². The molecule has 0 aliphatic rings. The first-order chi connectivity index (χ1) is 5.18. The van der Waals surface area contributed by atoms with E-state index in [0.717, 1.165) is 0 Å². The summed E-state index contributed by atoms with van der Waals surface area (Å²) in [6, 6.07) is 0. The van der Waals surface area contributed by atoms with Gasteiger partial charge in [0.1, 0.15) is 15.5 Å². The number of rotatable bonds is 6. The van der Waals surface area contributed by atoms with Crippen molar-refractivity contribution in [3.8, 4) is 0 Å². The Hall–Kier alpha value is 1.39. The molecule has 3 heteroatoms. The molecule has 0 bridgehead atoms. The zero-order valence-electron chi connectivity index (χ0n) is 8.45. The summed E-state index contributed by atoms with van der Waals surface area (Å²) in [7, 11) is 0. The monoisotopic (exact) mass is 318 g/mol. The summed E-state index contributed by atoms with van der Waals surface area (Å²) < 4.78 is 0. The normalized spacial score (nSPS) is 11.0.